The zero-order chi connectivity index (χ0) is 50.1. The lowest BCUT2D eigenvalue weighted by molar-refractivity contribution is -0.870. The molecule has 3 unspecified atom stereocenters. The average molecular weight is 972 g/mol. The van der Waals surface area contributed by atoms with E-state index in [4.69, 9.17) is 13.8 Å². The lowest BCUT2D eigenvalue weighted by Crippen LogP contribution is -2.47. The summed E-state index contributed by atoms with van der Waals surface area (Å²) in [6.45, 7) is 6.80. The average Bonchev–Trinajstić information content (AvgIpc) is 3.29. The summed E-state index contributed by atoms with van der Waals surface area (Å²) in [5, 5.41) is 3.00. The molecule has 392 valence electrons. The fourth-order valence-corrected chi connectivity index (χ4v) is 8.06. The van der Waals surface area contributed by atoms with E-state index in [1.807, 2.05) is 33.3 Å². The van der Waals surface area contributed by atoms with E-state index in [1.165, 1.54) is 89.9 Å². The molecule has 1 amide bonds. The van der Waals surface area contributed by atoms with Crippen molar-refractivity contribution < 1.29 is 37.3 Å². The maximum atomic E-state index is 13.4. The minimum Gasteiger partial charge on any atom is -0.456 e. The van der Waals surface area contributed by atoms with Gasteiger partial charge in [0.1, 0.15) is 19.3 Å². The van der Waals surface area contributed by atoms with Crippen molar-refractivity contribution in [3.8, 4) is 0 Å². The molecular weight excluding hydrogens is 868 g/mol. The topological polar surface area (TPSA) is 111 Å². The number of phosphoric acid groups is 1. The Kier molecular flexibility index (Phi) is 45.9. The molecule has 0 bridgehead atoms. The van der Waals surface area contributed by atoms with Crippen molar-refractivity contribution in [2.45, 2.75) is 232 Å². The first kappa shape index (κ1) is 65.2. The summed E-state index contributed by atoms with van der Waals surface area (Å²) < 4.78 is 30.5. The molecule has 3 atom stereocenters. The second-order valence-electron chi connectivity index (χ2n) is 19.4. The molecule has 10 heteroatoms. The maximum Gasteiger partial charge on any atom is 0.472 e. The number of ether oxygens (including phenoxy) is 1. The first-order chi connectivity index (χ1) is 32.9. The summed E-state index contributed by atoms with van der Waals surface area (Å²) >= 11 is 0. The molecule has 0 aliphatic heterocycles. The van der Waals surface area contributed by atoms with Crippen LogP contribution in [0.3, 0.4) is 0 Å². The number of nitrogens with zero attached hydrogens (tertiary/aromatic N) is 1. The van der Waals surface area contributed by atoms with Crippen LogP contribution >= 0.6 is 7.82 Å². The molecule has 68 heavy (non-hydrogen) atoms. The predicted octanol–water partition coefficient (Wildman–Crippen LogP) is 16.3. The quantitative estimate of drug-likeness (QED) is 0.0205. The van der Waals surface area contributed by atoms with E-state index in [1.54, 1.807) is 0 Å². The van der Waals surface area contributed by atoms with Crippen molar-refractivity contribution in [1.82, 2.24) is 5.32 Å². The summed E-state index contributed by atoms with van der Waals surface area (Å²) in [7, 11) is 1.45. The third-order valence-electron chi connectivity index (χ3n) is 11.6. The van der Waals surface area contributed by atoms with Crippen molar-refractivity contribution in [2.24, 2.45) is 0 Å². The number of allylic oxidation sites excluding steroid dienone is 13. The fourth-order valence-electron chi connectivity index (χ4n) is 7.32. The molecule has 9 nitrogen and oxygen atoms in total. The molecule has 0 saturated carbocycles. The van der Waals surface area contributed by atoms with Crippen molar-refractivity contribution >= 4 is 19.7 Å². The van der Waals surface area contributed by atoms with Crippen LogP contribution in [0.25, 0.3) is 0 Å². The Morgan fingerprint density at radius 1 is 0.529 bits per heavy atom. The Bertz CT molecular complexity index is 1440. The lowest BCUT2D eigenvalue weighted by Gasteiger charge is -2.27. The third-order valence-corrected chi connectivity index (χ3v) is 12.6. The normalized spacial score (nSPS) is 14.5. The molecule has 0 aromatic heterocycles. The smallest absolute Gasteiger partial charge is 0.456 e. The van der Waals surface area contributed by atoms with Crippen molar-refractivity contribution in [3.05, 3.63) is 85.1 Å². The third kappa shape index (κ3) is 48.2. The monoisotopic (exact) mass is 972 g/mol. The summed E-state index contributed by atoms with van der Waals surface area (Å²) in [5.41, 5.74) is 0. The van der Waals surface area contributed by atoms with E-state index in [0.717, 1.165) is 89.9 Å². The molecule has 0 aromatic carbocycles. The highest BCUT2D eigenvalue weighted by atomic mass is 31.2. The van der Waals surface area contributed by atoms with Crippen LogP contribution in [0.5, 0.6) is 0 Å². The van der Waals surface area contributed by atoms with Gasteiger partial charge in [0.05, 0.1) is 33.8 Å². The van der Waals surface area contributed by atoms with Gasteiger partial charge in [0.2, 0.25) is 5.91 Å². The highest BCUT2D eigenvalue weighted by molar-refractivity contribution is 7.47. The zero-order valence-electron chi connectivity index (χ0n) is 44.6. The number of unbranched alkanes of at least 4 members (excludes halogenated alkanes) is 20. The summed E-state index contributed by atoms with van der Waals surface area (Å²) in [6.07, 6.45) is 61.6. The van der Waals surface area contributed by atoms with Gasteiger partial charge in [-0.05, 0) is 96.0 Å². The molecule has 0 aliphatic rings. The Morgan fingerprint density at radius 3 is 1.47 bits per heavy atom. The SMILES string of the molecule is CC/C=C/C/C=C/CCCCCCCCCC(=O)OC(/C=C/CCCCCCCCCCC)C(COP(=O)(O)OCC[N+](C)(C)C)NC(=O)CCC/C=C\C/C=C\C/C=C\C/C=C\CCCCC. The predicted molar refractivity (Wildman–Crippen MR) is 291 cm³/mol. The number of hydrogen-bond donors (Lipinski definition) is 2. The molecule has 0 aliphatic carbocycles. The van der Waals surface area contributed by atoms with E-state index in [-0.39, 0.29) is 37.9 Å². The first-order valence-electron chi connectivity index (χ1n) is 27.4. The second-order valence-corrected chi connectivity index (χ2v) is 20.8. The minimum absolute atomic E-state index is 0.0252. The number of quaternary nitrogens is 1. The van der Waals surface area contributed by atoms with Crippen LogP contribution in [-0.4, -0.2) is 74.3 Å². The number of amides is 1. The number of hydrogen-bond acceptors (Lipinski definition) is 6. The number of carbonyl (C=O) groups is 2. The van der Waals surface area contributed by atoms with Gasteiger partial charge in [-0.1, -0.05) is 196 Å². The molecule has 0 rings (SSSR count). The highest BCUT2D eigenvalue weighted by Gasteiger charge is 2.30. The van der Waals surface area contributed by atoms with Crippen molar-refractivity contribution in [1.29, 1.82) is 0 Å². The van der Waals surface area contributed by atoms with E-state index >= 15 is 0 Å². The van der Waals surface area contributed by atoms with Crippen LogP contribution in [-0.2, 0) is 27.9 Å². The molecule has 0 radical (unpaired) electrons. The Balaban J connectivity index is 5.47. The summed E-state index contributed by atoms with van der Waals surface area (Å²) in [5.74, 6) is -0.587. The molecular formula is C58H104N2O7P+. The van der Waals surface area contributed by atoms with E-state index in [2.05, 4.69) is 99.0 Å². The van der Waals surface area contributed by atoms with Gasteiger partial charge in [-0.15, -0.1) is 0 Å². The lowest BCUT2D eigenvalue weighted by atomic mass is 10.1. The number of nitrogens with one attached hydrogen (secondary N) is 1. The Morgan fingerprint density at radius 2 is 0.956 bits per heavy atom. The number of likely N-dealkylation sites (N-methyl/N-ethyl adjacent to an activating group) is 1. The van der Waals surface area contributed by atoms with E-state index < -0.39 is 20.0 Å². The maximum absolute atomic E-state index is 13.4. The number of rotatable bonds is 48. The molecule has 0 saturated heterocycles. The largest absolute Gasteiger partial charge is 0.472 e. The van der Waals surface area contributed by atoms with Gasteiger partial charge in [0.15, 0.2) is 0 Å². The van der Waals surface area contributed by atoms with Crippen LogP contribution in [0, 0.1) is 0 Å². The number of phosphoric ester groups is 1. The Labute approximate surface area is 418 Å². The van der Waals surface area contributed by atoms with Gasteiger partial charge < -0.3 is 19.4 Å². The van der Waals surface area contributed by atoms with Crippen LogP contribution in [0.1, 0.15) is 220 Å². The van der Waals surface area contributed by atoms with Crippen LogP contribution in [0.2, 0.25) is 0 Å². The minimum atomic E-state index is -4.46. The van der Waals surface area contributed by atoms with Crippen LogP contribution in [0.15, 0.2) is 85.1 Å². The Hall–Kier alpha value is -2.81. The fraction of sp³-hybridized carbons (Fsp3) is 0.724. The highest BCUT2D eigenvalue weighted by Crippen LogP contribution is 2.43. The van der Waals surface area contributed by atoms with Crippen molar-refractivity contribution in [3.63, 3.8) is 0 Å². The van der Waals surface area contributed by atoms with Gasteiger partial charge in [0, 0.05) is 12.8 Å². The molecule has 0 aromatic rings. The molecule has 0 heterocycles. The number of carbonyl (C=O) groups excluding carboxylic acids is 2. The number of esters is 1. The second kappa shape index (κ2) is 47.8. The molecule has 2 N–H and O–H groups in total. The first-order valence-corrected chi connectivity index (χ1v) is 28.9. The van der Waals surface area contributed by atoms with E-state index in [0.29, 0.717) is 17.4 Å². The summed E-state index contributed by atoms with van der Waals surface area (Å²) in [6, 6.07) is -0.882. The van der Waals surface area contributed by atoms with Crippen molar-refractivity contribution in [2.75, 3.05) is 40.9 Å². The van der Waals surface area contributed by atoms with Gasteiger partial charge >= 0.3 is 13.8 Å². The van der Waals surface area contributed by atoms with Crippen LogP contribution < -0.4 is 5.32 Å². The van der Waals surface area contributed by atoms with Crippen LogP contribution in [0.4, 0.5) is 0 Å². The zero-order valence-corrected chi connectivity index (χ0v) is 45.5. The van der Waals surface area contributed by atoms with Gasteiger partial charge in [0.25, 0.3) is 0 Å². The summed E-state index contributed by atoms with van der Waals surface area (Å²) in [4.78, 5) is 37.5. The van der Waals surface area contributed by atoms with Gasteiger partial charge in [-0.2, -0.15) is 0 Å². The van der Waals surface area contributed by atoms with Gasteiger partial charge in [-0.25, -0.2) is 4.57 Å². The van der Waals surface area contributed by atoms with E-state index in [9.17, 15) is 19.0 Å². The molecule has 0 spiro atoms. The molecule has 0 fully saturated rings. The standard InChI is InChI=1S/C58H103N2O7P/c1-7-10-13-16-19-22-25-27-29-30-31-32-35-38-41-44-47-50-57(61)59-55(54-66-68(63,64)65-53-52-60(4,5)6)56(49-46-43-40-37-34-24-21-18-15-12-9-3)67-58(62)51-48-45-42-39-36-33-28-26-23-20-17-14-11-8-2/h11,14,19-20,22-23,27,29,31-32,38,41,46,49,55-56H,7-10,12-13,15-18,21,24-26,28,30,33-37,39-40,42-45,47-48,50-54H2,1-6H3,(H-,59,61,63,64)/p+1/b14-11+,22-19-,23-20+,29-27-,32-31-,41-38-,49-46+. The van der Waals surface area contributed by atoms with Gasteiger partial charge in [-0.3, -0.25) is 18.6 Å².